The normalized spacial score (nSPS) is 26.8. The molecule has 21 heavy (non-hydrogen) atoms. The van der Waals surface area contributed by atoms with Crippen molar-refractivity contribution in [3.63, 3.8) is 0 Å². The van der Waals surface area contributed by atoms with Crippen molar-refractivity contribution >= 4 is 5.69 Å². The summed E-state index contributed by atoms with van der Waals surface area (Å²) in [7, 11) is 0. The van der Waals surface area contributed by atoms with Crippen LogP contribution in [0.1, 0.15) is 36.8 Å². The van der Waals surface area contributed by atoms with Gasteiger partial charge in [0.15, 0.2) is 0 Å². The zero-order valence-corrected chi connectivity index (χ0v) is 13.0. The van der Waals surface area contributed by atoms with E-state index in [1.165, 1.54) is 75.1 Å². The van der Waals surface area contributed by atoms with Crippen LogP contribution in [0, 0.1) is 0 Å². The van der Waals surface area contributed by atoms with Gasteiger partial charge in [-0.05, 0) is 68.9 Å². The first-order chi connectivity index (χ1) is 10.4. The van der Waals surface area contributed by atoms with E-state index in [0.29, 0.717) is 0 Å². The summed E-state index contributed by atoms with van der Waals surface area (Å²) in [5.74, 6) is 0. The number of hydrogen-bond donors (Lipinski definition) is 1. The Bertz CT molecular complexity index is 499. The molecule has 0 aromatic heterocycles. The van der Waals surface area contributed by atoms with Crippen LogP contribution in [0.15, 0.2) is 18.2 Å². The molecule has 0 saturated carbocycles. The SMILES string of the molecule is c1cc2c(cc1CN1CCCN3CCCC3C1)CCCN2. The van der Waals surface area contributed by atoms with Crippen molar-refractivity contribution in [2.75, 3.05) is 38.0 Å². The van der Waals surface area contributed by atoms with Crippen LogP contribution in [-0.4, -0.2) is 48.6 Å². The Morgan fingerprint density at radius 3 is 3.05 bits per heavy atom. The first kappa shape index (κ1) is 13.6. The molecule has 0 aliphatic carbocycles. The summed E-state index contributed by atoms with van der Waals surface area (Å²) in [4.78, 5) is 5.41. The minimum atomic E-state index is 0.826. The number of nitrogens with one attached hydrogen (secondary N) is 1. The van der Waals surface area contributed by atoms with E-state index < -0.39 is 0 Å². The average molecular weight is 285 g/mol. The fourth-order valence-corrected chi connectivity index (χ4v) is 4.31. The van der Waals surface area contributed by atoms with Crippen molar-refractivity contribution < 1.29 is 0 Å². The molecule has 2 saturated heterocycles. The maximum atomic E-state index is 3.51. The molecule has 0 amide bonds. The predicted molar refractivity (Wildman–Crippen MR) is 87.7 cm³/mol. The van der Waals surface area contributed by atoms with Gasteiger partial charge >= 0.3 is 0 Å². The largest absolute Gasteiger partial charge is 0.385 e. The molecule has 4 rings (SSSR count). The molecule has 3 aliphatic heterocycles. The van der Waals surface area contributed by atoms with Crippen molar-refractivity contribution in [3.05, 3.63) is 29.3 Å². The molecule has 1 aromatic rings. The highest BCUT2D eigenvalue weighted by Gasteiger charge is 2.28. The van der Waals surface area contributed by atoms with Crippen LogP contribution in [0.4, 0.5) is 5.69 Å². The quantitative estimate of drug-likeness (QED) is 0.901. The Balaban J connectivity index is 1.45. The molecule has 3 heteroatoms. The smallest absolute Gasteiger partial charge is 0.0372 e. The number of aryl methyl sites for hydroxylation is 1. The van der Waals surface area contributed by atoms with Crippen molar-refractivity contribution in [3.8, 4) is 0 Å². The van der Waals surface area contributed by atoms with Crippen LogP contribution in [-0.2, 0) is 13.0 Å². The van der Waals surface area contributed by atoms with Gasteiger partial charge < -0.3 is 5.32 Å². The number of rotatable bonds is 2. The van der Waals surface area contributed by atoms with E-state index in [9.17, 15) is 0 Å². The van der Waals surface area contributed by atoms with Gasteiger partial charge in [0, 0.05) is 31.4 Å². The summed E-state index contributed by atoms with van der Waals surface area (Å²) in [5, 5.41) is 3.51. The van der Waals surface area contributed by atoms with Crippen LogP contribution in [0.5, 0.6) is 0 Å². The lowest BCUT2D eigenvalue weighted by molar-refractivity contribution is 0.215. The Kier molecular flexibility index (Phi) is 3.87. The second kappa shape index (κ2) is 5.98. The minimum absolute atomic E-state index is 0.826. The molecule has 0 radical (unpaired) electrons. The van der Waals surface area contributed by atoms with Crippen LogP contribution in [0.3, 0.4) is 0 Å². The van der Waals surface area contributed by atoms with Gasteiger partial charge in [-0.2, -0.15) is 0 Å². The molecule has 1 N–H and O–H groups in total. The van der Waals surface area contributed by atoms with E-state index >= 15 is 0 Å². The molecule has 3 aliphatic rings. The third-order valence-electron chi connectivity index (χ3n) is 5.40. The summed E-state index contributed by atoms with van der Waals surface area (Å²) in [6.45, 7) is 7.46. The number of nitrogens with zero attached hydrogens (tertiary/aromatic N) is 2. The summed E-state index contributed by atoms with van der Waals surface area (Å²) < 4.78 is 0. The Morgan fingerprint density at radius 2 is 2.05 bits per heavy atom. The van der Waals surface area contributed by atoms with Gasteiger partial charge in [0.2, 0.25) is 0 Å². The lowest BCUT2D eigenvalue weighted by atomic mass is 10.0. The lowest BCUT2D eigenvalue weighted by Crippen LogP contribution is -2.36. The highest BCUT2D eigenvalue weighted by atomic mass is 15.3. The summed E-state index contributed by atoms with van der Waals surface area (Å²) in [6.07, 6.45) is 6.67. The van der Waals surface area contributed by atoms with Crippen LogP contribution in [0.25, 0.3) is 0 Å². The van der Waals surface area contributed by atoms with Gasteiger partial charge in [0.05, 0.1) is 0 Å². The Hall–Kier alpha value is -1.06. The van der Waals surface area contributed by atoms with Crippen LogP contribution < -0.4 is 5.32 Å². The van der Waals surface area contributed by atoms with E-state index in [0.717, 1.165) is 19.1 Å². The van der Waals surface area contributed by atoms with Crippen molar-refractivity contribution in [2.24, 2.45) is 0 Å². The fourth-order valence-electron chi connectivity index (χ4n) is 4.31. The maximum Gasteiger partial charge on any atom is 0.0372 e. The van der Waals surface area contributed by atoms with E-state index in [1.807, 2.05) is 0 Å². The van der Waals surface area contributed by atoms with Crippen molar-refractivity contribution in [1.29, 1.82) is 0 Å². The number of fused-ring (bicyclic) bond motifs is 2. The first-order valence-electron chi connectivity index (χ1n) is 8.70. The molecular formula is C18H27N3. The van der Waals surface area contributed by atoms with Crippen LogP contribution in [0.2, 0.25) is 0 Å². The number of anilines is 1. The molecule has 114 valence electrons. The van der Waals surface area contributed by atoms with Gasteiger partial charge in [-0.1, -0.05) is 12.1 Å². The topological polar surface area (TPSA) is 18.5 Å². The zero-order valence-electron chi connectivity index (χ0n) is 13.0. The highest BCUT2D eigenvalue weighted by molar-refractivity contribution is 5.54. The van der Waals surface area contributed by atoms with Gasteiger partial charge in [0.1, 0.15) is 0 Å². The third kappa shape index (κ3) is 2.95. The number of benzene rings is 1. The zero-order chi connectivity index (χ0) is 14.1. The maximum absolute atomic E-state index is 3.51. The second-order valence-corrected chi connectivity index (χ2v) is 6.94. The molecule has 0 bridgehead atoms. The van der Waals surface area contributed by atoms with E-state index in [4.69, 9.17) is 0 Å². The predicted octanol–water partition coefficient (Wildman–Crippen LogP) is 2.71. The third-order valence-corrected chi connectivity index (χ3v) is 5.40. The molecule has 1 unspecified atom stereocenters. The molecular weight excluding hydrogens is 258 g/mol. The fraction of sp³-hybridized carbons (Fsp3) is 0.667. The Morgan fingerprint density at radius 1 is 1.10 bits per heavy atom. The first-order valence-corrected chi connectivity index (χ1v) is 8.70. The summed E-state index contributed by atoms with van der Waals surface area (Å²) in [5.41, 5.74) is 4.39. The monoisotopic (exact) mass is 285 g/mol. The summed E-state index contributed by atoms with van der Waals surface area (Å²) >= 11 is 0. The minimum Gasteiger partial charge on any atom is -0.385 e. The molecule has 1 aromatic carbocycles. The van der Waals surface area contributed by atoms with Gasteiger partial charge in [-0.3, -0.25) is 9.80 Å². The van der Waals surface area contributed by atoms with Crippen molar-refractivity contribution in [1.82, 2.24) is 9.80 Å². The van der Waals surface area contributed by atoms with E-state index in [-0.39, 0.29) is 0 Å². The second-order valence-electron chi connectivity index (χ2n) is 6.94. The highest BCUT2D eigenvalue weighted by Crippen LogP contribution is 2.25. The standard InChI is InChI=1S/C18H27N3/c1-4-16-12-15(6-7-18(16)19-8-1)13-20-9-3-11-21-10-2-5-17(21)14-20/h6-7,12,17,19H,1-5,8-11,13-14H2. The van der Waals surface area contributed by atoms with Crippen molar-refractivity contribution in [2.45, 2.75) is 44.7 Å². The lowest BCUT2D eigenvalue weighted by Gasteiger charge is -2.26. The molecule has 2 fully saturated rings. The van der Waals surface area contributed by atoms with Crippen LogP contribution >= 0.6 is 0 Å². The average Bonchev–Trinajstić information content (AvgIpc) is 2.86. The molecule has 1 atom stereocenters. The van der Waals surface area contributed by atoms with E-state index in [2.05, 4.69) is 33.3 Å². The van der Waals surface area contributed by atoms with Gasteiger partial charge in [-0.25, -0.2) is 0 Å². The molecule has 3 nitrogen and oxygen atoms in total. The number of hydrogen-bond acceptors (Lipinski definition) is 3. The Labute approximate surface area is 128 Å². The van der Waals surface area contributed by atoms with E-state index in [1.54, 1.807) is 0 Å². The van der Waals surface area contributed by atoms with Gasteiger partial charge in [-0.15, -0.1) is 0 Å². The molecule has 3 heterocycles. The van der Waals surface area contributed by atoms with Gasteiger partial charge in [0.25, 0.3) is 0 Å². The summed E-state index contributed by atoms with van der Waals surface area (Å²) in [6, 6.07) is 7.89. The molecule has 0 spiro atoms.